The number of thiazole rings is 1. The minimum absolute atomic E-state index is 0.00339. The summed E-state index contributed by atoms with van der Waals surface area (Å²) >= 11 is 1.00. The van der Waals surface area contributed by atoms with Gasteiger partial charge in [0.25, 0.3) is 5.56 Å². The van der Waals surface area contributed by atoms with Gasteiger partial charge in [-0.05, 0) is 66.4 Å². The zero-order valence-corrected chi connectivity index (χ0v) is 23.2. The third kappa shape index (κ3) is 5.64. The van der Waals surface area contributed by atoms with Crippen LogP contribution in [0.3, 0.4) is 0 Å². The van der Waals surface area contributed by atoms with Gasteiger partial charge in [-0.15, -0.1) is 11.3 Å². The van der Waals surface area contributed by atoms with E-state index in [-0.39, 0.29) is 15.1 Å². The molecule has 1 heterocycles. The van der Waals surface area contributed by atoms with E-state index in [4.69, 9.17) is 0 Å². The molecule has 1 aromatic heterocycles. The molecule has 0 aliphatic rings. The summed E-state index contributed by atoms with van der Waals surface area (Å²) in [7, 11) is -0.265. The molecule has 8 heteroatoms. The van der Waals surface area contributed by atoms with Gasteiger partial charge in [-0.25, -0.2) is 8.42 Å². The highest BCUT2D eigenvalue weighted by molar-refractivity contribution is 8.00. The zero-order chi connectivity index (χ0) is 27.3. The topological polar surface area (TPSA) is 83.2 Å². The van der Waals surface area contributed by atoms with Crippen LogP contribution in [0.25, 0.3) is 16.7 Å². The van der Waals surface area contributed by atoms with Gasteiger partial charge in [0.2, 0.25) is 9.84 Å². The minimum Gasteiger partial charge on any atom is -0.378 e. The Kier molecular flexibility index (Phi) is 8.30. The highest BCUT2D eigenvalue weighted by Gasteiger charge is 2.25. The number of nitrogens with zero attached hydrogens (tertiary/aromatic N) is 3. The summed E-state index contributed by atoms with van der Waals surface area (Å²) in [5, 5.41) is 10.1. The summed E-state index contributed by atoms with van der Waals surface area (Å²) in [4.78, 5) is 15.3. The zero-order valence-electron chi connectivity index (χ0n) is 21.6. The molecule has 194 valence electrons. The molecule has 0 unspecified atom stereocenters. The van der Waals surface area contributed by atoms with Crippen LogP contribution in [0.1, 0.15) is 30.9 Å². The van der Waals surface area contributed by atoms with Crippen molar-refractivity contribution in [3.05, 3.63) is 110 Å². The summed E-state index contributed by atoms with van der Waals surface area (Å²) in [6, 6.07) is 24.9. The Labute approximate surface area is 227 Å². The molecule has 0 saturated carbocycles. The third-order valence-corrected chi connectivity index (χ3v) is 9.10. The number of aryl methyl sites for hydroxylation is 1. The summed E-state index contributed by atoms with van der Waals surface area (Å²) < 4.78 is 28.8. The number of unbranched alkanes of at least 4 members (excludes halogenated alkanes) is 1. The molecule has 4 rings (SSSR count). The third-order valence-electron chi connectivity index (χ3n) is 6.16. The molecular formula is C30H29N3O3S2. The van der Waals surface area contributed by atoms with Crippen molar-refractivity contribution in [2.45, 2.75) is 31.1 Å². The van der Waals surface area contributed by atoms with E-state index in [1.165, 1.54) is 16.7 Å². The SMILES string of the molecule is CCCCc1ccc(-n2c(=O)/c(=C/c3ccc(N(C)C)cc3)s/c2=C(\C#N)S(=O)(=O)c2ccccc2)cc1. The smallest absolute Gasteiger partial charge is 0.273 e. The fourth-order valence-electron chi connectivity index (χ4n) is 4.02. The van der Waals surface area contributed by atoms with Crippen molar-refractivity contribution in [3.8, 4) is 11.8 Å². The molecule has 0 bridgehead atoms. The number of aromatic nitrogens is 1. The quantitative estimate of drug-likeness (QED) is 0.332. The average Bonchev–Trinajstić information content (AvgIpc) is 3.23. The lowest BCUT2D eigenvalue weighted by Crippen LogP contribution is -2.31. The molecule has 0 radical (unpaired) electrons. The number of anilines is 1. The van der Waals surface area contributed by atoms with Gasteiger partial charge < -0.3 is 4.90 Å². The minimum atomic E-state index is -4.16. The molecule has 4 aromatic rings. The Bertz CT molecular complexity index is 1740. The van der Waals surface area contributed by atoms with Crippen LogP contribution in [-0.2, 0) is 16.3 Å². The van der Waals surface area contributed by atoms with Crippen LogP contribution in [-0.4, -0.2) is 27.1 Å². The number of nitriles is 1. The summed E-state index contributed by atoms with van der Waals surface area (Å²) in [5.41, 5.74) is 3.09. The molecule has 0 saturated heterocycles. The molecule has 0 fully saturated rings. The van der Waals surface area contributed by atoms with E-state index in [0.29, 0.717) is 10.2 Å². The van der Waals surface area contributed by atoms with Gasteiger partial charge in [-0.2, -0.15) is 5.26 Å². The predicted molar refractivity (Wildman–Crippen MR) is 155 cm³/mol. The number of benzene rings is 3. The van der Waals surface area contributed by atoms with Crippen LogP contribution in [0.15, 0.2) is 88.6 Å². The summed E-state index contributed by atoms with van der Waals surface area (Å²) in [5.74, 6) is 0. The second kappa shape index (κ2) is 11.6. The first-order chi connectivity index (χ1) is 18.3. The van der Waals surface area contributed by atoms with Gasteiger partial charge in [0.15, 0.2) is 4.91 Å². The molecule has 0 spiro atoms. The first-order valence-electron chi connectivity index (χ1n) is 12.3. The number of hydrogen-bond donors (Lipinski definition) is 0. The fourth-order valence-corrected chi connectivity index (χ4v) is 6.67. The van der Waals surface area contributed by atoms with Gasteiger partial charge >= 0.3 is 0 Å². The maximum absolute atomic E-state index is 13.7. The van der Waals surface area contributed by atoms with Crippen molar-refractivity contribution in [1.82, 2.24) is 4.57 Å². The standard InChI is InChI=1S/C30H29N3O3S2/c1-4-5-9-22-12-18-25(19-13-22)33-29(34)27(20-23-14-16-24(17-15-23)32(2)3)37-30(33)28(21-31)38(35,36)26-10-7-6-8-11-26/h6-8,10-20H,4-5,9H2,1-3H3/b27-20-,30-28+. The van der Waals surface area contributed by atoms with Gasteiger partial charge in [0.1, 0.15) is 10.7 Å². The van der Waals surface area contributed by atoms with E-state index >= 15 is 0 Å². The van der Waals surface area contributed by atoms with Crippen molar-refractivity contribution in [2.24, 2.45) is 0 Å². The summed E-state index contributed by atoms with van der Waals surface area (Å²) in [6.07, 6.45) is 4.77. The largest absolute Gasteiger partial charge is 0.378 e. The van der Waals surface area contributed by atoms with Gasteiger partial charge in [0, 0.05) is 19.8 Å². The molecule has 0 N–H and O–H groups in total. The molecule has 3 aromatic carbocycles. The maximum Gasteiger partial charge on any atom is 0.273 e. The van der Waals surface area contributed by atoms with E-state index < -0.39 is 14.7 Å². The van der Waals surface area contributed by atoms with Crippen LogP contribution >= 0.6 is 11.3 Å². The Hall–Kier alpha value is -3.93. The Balaban J connectivity index is 1.99. The van der Waals surface area contributed by atoms with Crippen molar-refractivity contribution in [3.63, 3.8) is 0 Å². The first kappa shape index (κ1) is 27.1. The number of sulfone groups is 1. The average molecular weight is 544 g/mol. The van der Waals surface area contributed by atoms with Gasteiger partial charge in [-0.1, -0.05) is 55.8 Å². The van der Waals surface area contributed by atoms with Crippen molar-refractivity contribution < 1.29 is 8.42 Å². The normalized spacial score (nSPS) is 12.7. The summed E-state index contributed by atoms with van der Waals surface area (Å²) in [6.45, 7) is 2.13. The van der Waals surface area contributed by atoms with Crippen LogP contribution in [0.2, 0.25) is 0 Å². The van der Waals surface area contributed by atoms with Crippen LogP contribution < -0.4 is 19.7 Å². The Morgan fingerprint density at radius 2 is 1.66 bits per heavy atom. The number of hydrogen-bond acceptors (Lipinski definition) is 6. The molecule has 0 aliphatic heterocycles. The van der Waals surface area contributed by atoms with E-state index in [9.17, 15) is 18.5 Å². The lowest BCUT2D eigenvalue weighted by molar-refractivity contribution is 0.606. The first-order valence-corrected chi connectivity index (χ1v) is 14.6. The highest BCUT2D eigenvalue weighted by Crippen LogP contribution is 2.19. The van der Waals surface area contributed by atoms with Crippen molar-refractivity contribution in [1.29, 1.82) is 5.26 Å². The van der Waals surface area contributed by atoms with E-state index in [1.54, 1.807) is 24.3 Å². The monoisotopic (exact) mass is 543 g/mol. The van der Waals surface area contributed by atoms with Crippen molar-refractivity contribution >= 4 is 37.8 Å². The Morgan fingerprint density at radius 1 is 1.00 bits per heavy atom. The molecule has 0 aliphatic carbocycles. The highest BCUT2D eigenvalue weighted by atomic mass is 32.2. The van der Waals surface area contributed by atoms with Crippen LogP contribution in [0.5, 0.6) is 0 Å². The van der Waals surface area contributed by atoms with Gasteiger partial charge in [0.05, 0.1) is 15.1 Å². The van der Waals surface area contributed by atoms with Crippen LogP contribution in [0.4, 0.5) is 5.69 Å². The van der Waals surface area contributed by atoms with E-state index in [0.717, 1.165) is 47.4 Å². The van der Waals surface area contributed by atoms with E-state index in [2.05, 4.69) is 6.92 Å². The van der Waals surface area contributed by atoms with Gasteiger partial charge in [-0.3, -0.25) is 9.36 Å². The molecular weight excluding hydrogens is 514 g/mol. The lowest BCUT2D eigenvalue weighted by Gasteiger charge is -2.11. The second-order valence-electron chi connectivity index (χ2n) is 9.07. The van der Waals surface area contributed by atoms with E-state index in [1.807, 2.05) is 73.6 Å². The maximum atomic E-state index is 13.7. The Morgan fingerprint density at radius 3 is 2.24 bits per heavy atom. The molecule has 0 atom stereocenters. The predicted octanol–water partition coefficient (Wildman–Crippen LogP) is 4.24. The van der Waals surface area contributed by atoms with Crippen molar-refractivity contribution in [2.75, 3.05) is 19.0 Å². The molecule has 6 nitrogen and oxygen atoms in total. The fraction of sp³-hybridized carbons (Fsp3) is 0.200. The second-order valence-corrected chi connectivity index (χ2v) is 12.0. The molecule has 0 amide bonds. The number of rotatable bonds is 8. The van der Waals surface area contributed by atoms with Crippen LogP contribution in [0, 0.1) is 11.3 Å². The molecule has 38 heavy (non-hydrogen) atoms. The lowest BCUT2D eigenvalue weighted by atomic mass is 10.1.